The lowest BCUT2D eigenvalue weighted by Crippen LogP contribution is -2.35. The Balaban J connectivity index is 1.92. The summed E-state index contributed by atoms with van der Waals surface area (Å²) in [6, 6.07) is 10.5. The van der Waals surface area contributed by atoms with Crippen LogP contribution in [0.25, 0.3) is 0 Å². The Kier molecular flexibility index (Phi) is 5.31. The number of halogens is 2. The number of hydrogen-bond donors (Lipinski definition) is 0. The quantitative estimate of drug-likeness (QED) is 0.805. The summed E-state index contributed by atoms with van der Waals surface area (Å²) in [5.41, 5.74) is 1.06. The fourth-order valence-corrected chi connectivity index (χ4v) is 3.37. The van der Waals surface area contributed by atoms with E-state index in [0.29, 0.717) is 6.54 Å². The van der Waals surface area contributed by atoms with Crippen molar-refractivity contribution in [3.05, 3.63) is 65.2 Å². The zero-order valence-corrected chi connectivity index (χ0v) is 14.2. The van der Waals surface area contributed by atoms with Crippen LogP contribution in [-0.2, 0) is 0 Å². The average Bonchev–Trinajstić information content (AvgIpc) is 2.86. The SMILES string of the molecule is COc1ccc([C@@H]2CCCCCN2C(=O)c2cc(F)cc(F)c2)cc1. The van der Waals surface area contributed by atoms with Crippen molar-refractivity contribution in [2.24, 2.45) is 0 Å². The van der Waals surface area contributed by atoms with Gasteiger partial charge in [-0.05, 0) is 42.7 Å². The van der Waals surface area contributed by atoms with Gasteiger partial charge in [-0.15, -0.1) is 0 Å². The van der Waals surface area contributed by atoms with E-state index in [0.717, 1.165) is 55.2 Å². The van der Waals surface area contributed by atoms with Crippen molar-refractivity contribution in [3.63, 3.8) is 0 Å². The molecule has 5 heteroatoms. The molecule has 1 saturated heterocycles. The standard InChI is InChI=1S/C20H21F2NO2/c1-25-18-8-6-14(7-9-18)19-5-3-2-4-10-23(19)20(24)15-11-16(21)13-17(22)12-15/h6-9,11-13,19H,2-5,10H2,1H3/t19-/m0/s1. The van der Waals surface area contributed by atoms with Gasteiger partial charge in [-0.2, -0.15) is 0 Å². The molecule has 0 aromatic heterocycles. The largest absolute Gasteiger partial charge is 0.497 e. The van der Waals surface area contributed by atoms with E-state index in [2.05, 4.69) is 0 Å². The van der Waals surface area contributed by atoms with E-state index < -0.39 is 11.6 Å². The van der Waals surface area contributed by atoms with Gasteiger partial charge in [0.25, 0.3) is 5.91 Å². The third-order valence-electron chi connectivity index (χ3n) is 4.62. The first-order chi connectivity index (χ1) is 12.1. The topological polar surface area (TPSA) is 29.5 Å². The van der Waals surface area contributed by atoms with Crippen molar-refractivity contribution in [2.75, 3.05) is 13.7 Å². The second-order valence-electron chi connectivity index (χ2n) is 6.29. The molecule has 0 bridgehead atoms. The second-order valence-corrected chi connectivity index (χ2v) is 6.29. The molecule has 2 aromatic rings. The maximum Gasteiger partial charge on any atom is 0.254 e. The molecule has 1 aliphatic heterocycles. The minimum absolute atomic E-state index is 0.0536. The monoisotopic (exact) mass is 345 g/mol. The second kappa shape index (κ2) is 7.64. The van der Waals surface area contributed by atoms with Gasteiger partial charge in [0.2, 0.25) is 0 Å². The van der Waals surface area contributed by atoms with E-state index in [1.54, 1.807) is 12.0 Å². The van der Waals surface area contributed by atoms with Crippen LogP contribution < -0.4 is 4.74 Å². The van der Waals surface area contributed by atoms with Gasteiger partial charge in [-0.1, -0.05) is 25.0 Å². The molecule has 1 amide bonds. The number of likely N-dealkylation sites (tertiary alicyclic amines) is 1. The van der Waals surface area contributed by atoms with E-state index in [4.69, 9.17) is 4.74 Å². The molecular weight excluding hydrogens is 324 g/mol. The molecule has 0 unspecified atom stereocenters. The molecule has 132 valence electrons. The number of amides is 1. The van der Waals surface area contributed by atoms with E-state index in [9.17, 15) is 13.6 Å². The zero-order chi connectivity index (χ0) is 17.8. The van der Waals surface area contributed by atoms with Crippen LogP contribution in [0.5, 0.6) is 5.75 Å². The molecule has 1 fully saturated rings. The van der Waals surface area contributed by atoms with Crippen LogP contribution in [0.2, 0.25) is 0 Å². The van der Waals surface area contributed by atoms with Crippen molar-refractivity contribution in [1.29, 1.82) is 0 Å². The molecule has 0 radical (unpaired) electrons. The van der Waals surface area contributed by atoms with Gasteiger partial charge in [0.15, 0.2) is 0 Å². The summed E-state index contributed by atoms with van der Waals surface area (Å²) in [6.45, 7) is 0.577. The number of methoxy groups -OCH3 is 1. The molecule has 3 nitrogen and oxygen atoms in total. The molecule has 0 saturated carbocycles. The summed E-state index contributed by atoms with van der Waals surface area (Å²) in [5.74, 6) is -1.05. The summed E-state index contributed by atoms with van der Waals surface area (Å²) in [5, 5.41) is 0. The Morgan fingerprint density at radius 1 is 1.04 bits per heavy atom. The Morgan fingerprint density at radius 2 is 1.72 bits per heavy atom. The first-order valence-electron chi connectivity index (χ1n) is 8.49. The lowest BCUT2D eigenvalue weighted by atomic mass is 10.00. The number of benzene rings is 2. The van der Waals surface area contributed by atoms with Crippen LogP contribution in [0.3, 0.4) is 0 Å². The summed E-state index contributed by atoms with van der Waals surface area (Å²) in [6.07, 6.45) is 3.76. The van der Waals surface area contributed by atoms with Crippen LogP contribution in [-0.4, -0.2) is 24.5 Å². The molecule has 25 heavy (non-hydrogen) atoms. The number of hydrogen-bond acceptors (Lipinski definition) is 2. The Hall–Kier alpha value is -2.43. The minimum atomic E-state index is -0.737. The van der Waals surface area contributed by atoms with Crippen LogP contribution in [0.4, 0.5) is 8.78 Å². The molecule has 0 N–H and O–H groups in total. The van der Waals surface area contributed by atoms with Crippen molar-refractivity contribution in [1.82, 2.24) is 4.90 Å². The molecule has 1 atom stereocenters. The molecule has 0 spiro atoms. The first kappa shape index (κ1) is 17.4. The van der Waals surface area contributed by atoms with Gasteiger partial charge < -0.3 is 9.64 Å². The van der Waals surface area contributed by atoms with Crippen molar-refractivity contribution in [2.45, 2.75) is 31.7 Å². The first-order valence-corrected chi connectivity index (χ1v) is 8.49. The Morgan fingerprint density at radius 3 is 2.36 bits per heavy atom. The highest BCUT2D eigenvalue weighted by Crippen LogP contribution is 2.32. The predicted molar refractivity (Wildman–Crippen MR) is 91.6 cm³/mol. The summed E-state index contributed by atoms with van der Waals surface area (Å²) >= 11 is 0. The maximum absolute atomic E-state index is 13.5. The van der Waals surface area contributed by atoms with Crippen molar-refractivity contribution in [3.8, 4) is 5.75 Å². The number of nitrogens with zero attached hydrogens (tertiary/aromatic N) is 1. The molecule has 1 heterocycles. The zero-order valence-electron chi connectivity index (χ0n) is 14.2. The van der Waals surface area contributed by atoms with Gasteiger partial charge in [-0.3, -0.25) is 4.79 Å². The van der Waals surface area contributed by atoms with Crippen LogP contribution in [0.15, 0.2) is 42.5 Å². The summed E-state index contributed by atoms with van der Waals surface area (Å²) < 4.78 is 32.2. The molecule has 2 aromatic carbocycles. The fourth-order valence-electron chi connectivity index (χ4n) is 3.37. The molecular formula is C20H21F2NO2. The van der Waals surface area contributed by atoms with Gasteiger partial charge >= 0.3 is 0 Å². The van der Waals surface area contributed by atoms with Crippen LogP contribution in [0, 0.1) is 11.6 Å². The van der Waals surface area contributed by atoms with Crippen molar-refractivity contribution >= 4 is 5.91 Å². The lowest BCUT2D eigenvalue weighted by molar-refractivity contribution is 0.0680. The van der Waals surface area contributed by atoms with Crippen molar-refractivity contribution < 1.29 is 18.3 Å². The van der Waals surface area contributed by atoms with Gasteiger partial charge in [0.1, 0.15) is 17.4 Å². The van der Waals surface area contributed by atoms with Gasteiger partial charge in [0.05, 0.1) is 13.2 Å². The molecule has 0 aliphatic carbocycles. The van der Waals surface area contributed by atoms with Gasteiger partial charge in [0, 0.05) is 18.2 Å². The molecule has 3 rings (SSSR count). The number of carbonyl (C=O) groups excluding carboxylic acids is 1. The van der Waals surface area contributed by atoms with E-state index >= 15 is 0 Å². The normalized spacial score (nSPS) is 17.9. The number of ether oxygens (including phenoxy) is 1. The lowest BCUT2D eigenvalue weighted by Gasteiger charge is -2.30. The predicted octanol–water partition coefficient (Wildman–Crippen LogP) is 4.73. The summed E-state index contributed by atoms with van der Waals surface area (Å²) in [4.78, 5) is 14.7. The van der Waals surface area contributed by atoms with E-state index in [-0.39, 0.29) is 17.5 Å². The van der Waals surface area contributed by atoms with E-state index in [1.807, 2.05) is 24.3 Å². The van der Waals surface area contributed by atoms with E-state index in [1.165, 1.54) is 0 Å². The number of carbonyl (C=O) groups is 1. The average molecular weight is 345 g/mol. The Labute approximate surface area is 146 Å². The third kappa shape index (κ3) is 3.98. The third-order valence-corrected chi connectivity index (χ3v) is 4.62. The van der Waals surface area contributed by atoms with Gasteiger partial charge in [-0.25, -0.2) is 8.78 Å². The minimum Gasteiger partial charge on any atom is -0.497 e. The smallest absolute Gasteiger partial charge is 0.254 e. The Bertz CT molecular complexity index is 726. The maximum atomic E-state index is 13.5. The fraction of sp³-hybridized carbons (Fsp3) is 0.350. The molecule has 1 aliphatic rings. The van der Waals surface area contributed by atoms with Crippen LogP contribution in [0.1, 0.15) is 47.6 Å². The highest BCUT2D eigenvalue weighted by atomic mass is 19.1. The highest BCUT2D eigenvalue weighted by molar-refractivity contribution is 5.94. The number of rotatable bonds is 3. The highest BCUT2D eigenvalue weighted by Gasteiger charge is 2.28. The van der Waals surface area contributed by atoms with Crippen LogP contribution >= 0.6 is 0 Å². The summed E-state index contributed by atoms with van der Waals surface area (Å²) in [7, 11) is 1.61.